The number of benzene rings is 2. The van der Waals surface area contributed by atoms with Crippen LogP contribution in [0.2, 0.25) is 0 Å². The van der Waals surface area contributed by atoms with Crippen molar-refractivity contribution in [2.45, 2.75) is 6.04 Å². The van der Waals surface area contributed by atoms with E-state index in [0.717, 1.165) is 5.56 Å². The molecule has 2 aromatic carbocycles. The van der Waals surface area contributed by atoms with Gasteiger partial charge in [0.25, 0.3) is 0 Å². The molecule has 35 heavy (non-hydrogen) atoms. The summed E-state index contributed by atoms with van der Waals surface area (Å²) in [6.07, 6.45) is 4.69. The van der Waals surface area contributed by atoms with Gasteiger partial charge in [-0.3, -0.25) is 15.6 Å². The minimum Gasteiger partial charge on any atom is -0.507 e. The first-order valence-corrected chi connectivity index (χ1v) is 11.2. The summed E-state index contributed by atoms with van der Waals surface area (Å²) >= 11 is 0. The van der Waals surface area contributed by atoms with Crippen molar-refractivity contribution in [1.29, 1.82) is 0 Å². The van der Waals surface area contributed by atoms with Crippen molar-refractivity contribution in [3.05, 3.63) is 71.7 Å². The van der Waals surface area contributed by atoms with E-state index in [2.05, 4.69) is 9.88 Å². The third-order valence-corrected chi connectivity index (χ3v) is 6.46. The fourth-order valence-electron chi connectivity index (χ4n) is 4.85. The number of fused-ring (bicyclic) bond motifs is 3. The van der Waals surface area contributed by atoms with Gasteiger partial charge >= 0.3 is 12.0 Å². The number of aromatic nitrogens is 1. The van der Waals surface area contributed by atoms with Gasteiger partial charge in [0.1, 0.15) is 29.9 Å². The zero-order valence-corrected chi connectivity index (χ0v) is 18.9. The van der Waals surface area contributed by atoms with E-state index in [1.54, 1.807) is 17.3 Å². The number of nitrogens with zero attached hydrogens (tertiary/aromatic N) is 3. The number of esters is 1. The molecule has 0 radical (unpaired) electrons. The highest BCUT2D eigenvalue weighted by molar-refractivity contribution is 6.16. The Hall–Kier alpha value is -4.15. The van der Waals surface area contributed by atoms with Gasteiger partial charge in [0.2, 0.25) is 0 Å². The molecule has 1 aliphatic rings. The van der Waals surface area contributed by atoms with Gasteiger partial charge in [0.05, 0.1) is 6.04 Å². The van der Waals surface area contributed by atoms with Crippen molar-refractivity contribution < 1.29 is 23.8 Å². The first kappa shape index (κ1) is 22.6. The Balaban J connectivity index is 1.78. The molecule has 1 fully saturated rings. The number of piperazine rings is 1. The van der Waals surface area contributed by atoms with Gasteiger partial charge < -0.3 is 24.9 Å². The highest BCUT2D eigenvalue weighted by Crippen LogP contribution is 2.46. The van der Waals surface area contributed by atoms with Crippen LogP contribution in [0.1, 0.15) is 27.5 Å². The fraction of sp³-hybridized carbons (Fsp3) is 0.240. The summed E-state index contributed by atoms with van der Waals surface area (Å²) in [7, 11) is 0. The van der Waals surface area contributed by atoms with Crippen molar-refractivity contribution in [1.82, 2.24) is 14.8 Å². The van der Waals surface area contributed by atoms with Gasteiger partial charge in [-0.25, -0.2) is 9.59 Å². The summed E-state index contributed by atoms with van der Waals surface area (Å²) in [5, 5.41) is 13.4. The Morgan fingerprint density at radius 2 is 1.77 bits per heavy atom. The number of aromatic hydroxyl groups is 1. The summed E-state index contributed by atoms with van der Waals surface area (Å²) in [6, 6.07) is 10.1. The molecule has 10 nitrogen and oxygen atoms in total. The molecule has 2 amide bonds. The third kappa shape index (κ3) is 3.92. The molecule has 5 N–H and O–H groups in total. The first-order valence-electron chi connectivity index (χ1n) is 11.2. The molecule has 180 valence electrons. The lowest BCUT2D eigenvalue weighted by atomic mass is 9.89. The van der Waals surface area contributed by atoms with E-state index in [1.165, 1.54) is 6.26 Å². The average Bonchev–Trinajstić information content (AvgIpc) is 3.32. The lowest BCUT2D eigenvalue weighted by molar-refractivity contribution is 0.0516. The molecule has 0 aliphatic carbocycles. The highest BCUT2D eigenvalue weighted by atomic mass is 16.5. The summed E-state index contributed by atoms with van der Waals surface area (Å²) in [6.45, 7) is 1.58. The maximum Gasteiger partial charge on any atom is 0.343 e. The van der Waals surface area contributed by atoms with Crippen LogP contribution in [0.25, 0.3) is 21.7 Å². The van der Waals surface area contributed by atoms with Gasteiger partial charge in [-0.15, -0.1) is 0 Å². The number of nitrogens with two attached hydrogens (primary N) is 2. The molecular formula is C25H25N5O5. The molecule has 10 heteroatoms. The monoisotopic (exact) mass is 475 g/mol. The molecule has 3 heterocycles. The van der Waals surface area contributed by atoms with Crippen LogP contribution in [0.5, 0.6) is 5.75 Å². The standard InChI is InChI=1S/C25H25N5O5/c26-14-35-24(32)18-13-34-23-17-4-2-1-3-16(17)22(31)20(19(18)23)21(15-5-7-28-8-6-15)29-9-11-30(12-10-29)25(27)33/h1-8,13,21,31H,9-12,14,26H2,(H2,27,33). The number of primary amides is 1. The van der Waals surface area contributed by atoms with Crippen LogP contribution in [0.3, 0.4) is 0 Å². The van der Waals surface area contributed by atoms with Gasteiger partial charge in [-0.05, 0) is 17.7 Å². The first-order chi connectivity index (χ1) is 17.0. The number of amides is 2. The van der Waals surface area contributed by atoms with Gasteiger partial charge in [0, 0.05) is 60.3 Å². The molecule has 1 saturated heterocycles. The summed E-state index contributed by atoms with van der Waals surface area (Å²) in [5.74, 6) is -0.607. The molecule has 4 aromatic rings. The molecule has 1 unspecified atom stereocenters. The maximum atomic E-state index is 12.8. The number of phenolic OH excluding ortho intramolecular Hbond substituents is 1. The largest absolute Gasteiger partial charge is 0.507 e. The number of furan rings is 1. The van der Waals surface area contributed by atoms with E-state index in [0.29, 0.717) is 53.5 Å². The third-order valence-electron chi connectivity index (χ3n) is 6.46. The van der Waals surface area contributed by atoms with E-state index >= 15 is 0 Å². The quantitative estimate of drug-likeness (QED) is 0.295. The number of carbonyl (C=O) groups excluding carboxylic acids is 2. The Morgan fingerprint density at radius 1 is 1.09 bits per heavy atom. The van der Waals surface area contributed by atoms with Crippen molar-refractivity contribution in [3.8, 4) is 5.75 Å². The van der Waals surface area contributed by atoms with Gasteiger partial charge in [-0.1, -0.05) is 24.3 Å². The number of phenols is 1. The lowest BCUT2D eigenvalue weighted by Gasteiger charge is -2.39. The summed E-state index contributed by atoms with van der Waals surface area (Å²) < 4.78 is 11.0. The molecule has 0 spiro atoms. The normalized spacial score (nSPS) is 15.4. The van der Waals surface area contributed by atoms with E-state index < -0.39 is 18.0 Å². The van der Waals surface area contributed by atoms with Crippen LogP contribution in [-0.2, 0) is 4.74 Å². The number of carbonyl (C=O) groups is 2. The number of ether oxygens (including phenoxy) is 1. The molecule has 1 atom stereocenters. The van der Waals surface area contributed by atoms with Crippen molar-refractivity contribution >= 4 is 33.7 Å². The maximum absolute atomic E-state index is 12.8. The Bertz CT molecular complexity index is 1400. The minimum atomic E-state index is -0.644. The Labute approximate surface area is 200 Å². The average molecular weight is 476 g/mol. The van der Waals surface area contributed by atoms with E-state index in [-0.39, 0.29) is 18.0 Å². The van der Waals surface area contributed by atoms with E-state index in [9.17, 15) is 14.7 Å². The number of rotatable bonds is 5. The van der Waals surface area contributed by atoms with Crippen molar-refractivity contribution in [2.75, 3.05) is 32.9 Å². The van der Waals surface area contributed by atoms with E-state index in [4.69, 9.17) is 20.6 Å². The molecule has 2 aromatic heterocycles. The van der Waals surface area contributed by atoms with Crippen LogP contribution in [0, 0.1) is 0 Å². The smallest absolute Gasteiger partial charge is 0.343 e. The van der Waals surface area contributed by atoms with Crippen LogP contribution in [0.15, 0.2) is 59.5 Å². The molecule has 1 aliphatic heterocycles. The summed E-state index contributed by atoms with van der Waals surface area (Å²) in [4.78, 5) is 32.4. The predicted molar refractivity (Wildman–Crippen MR) is 129 cm³/mol. The number of hydrogen-bond donors (Lipinski definition) is 3. The molecule has 0 bridgehead atoms. The predicted octanol–water partition coefficient (Wildman–Crippen LogP) is 2.55. The second-order valence-electron chi connectivity index (χ2n) is 8.30. The van der Waals surface area contributed by atoms with Crippen LogP contribution >= 0.6 is 0 Å². The fourth-order valence-corrected chi connectivity index (χ4v) is 4.85. The van der Waals surface area contributed by atoms with Crippen molar-refractivity contribution in [2.24, 2.45) is 11.5 Å². The van der Waals surface area contributed by atoms with Gasteiger partial charge in [0.15, 0.2) is 0 Å². The zero-order chi connectivity index (χ0) is 24.5. The second-order valence-corrected chi connectivity index (χ2v) is 8.30. The topological polar surface area (TPSA) is 148 Å². The number of hydrogen-bond acceptors (Lipinski definition) is 8. The van der Waals surface area contributed by atoms with Crippen molar-refractivity contribution in [3.63, 3.8) is 0 Å². The van der Waals surface area contributed by atoms with E-state index in [1.807, 2.05) is 36.4 Å². The Kier molecular flexibility index (Phi) is 5.98. The zero-order valence-electron chi connectivity index (χ0n) is 18.9. The van der Waals surface area contributed by atoms with Crippen LogP contribution in [-0.4, -0.2) is 64.8 Å². The minimum absolute atomic E-state index is 0.0374. The van der Waals surface area contributed by atoms with Gasteiger partial charge in [-0.2, -0.15) is 0 Å². The molecule has 5 rings (SSSR count). The highest BCUT2D eigenvalue weighted by Gasteiger charge is 2.34. The lowest BCUT2D eigenvalue weighted by Crippen LogP contribution is -2.51. The summed E-state index contributed by atoms with van der Waals surface area (Å²) in [5.41, 5.74) is 13.0. The number of urea groups is 1. The number of pyridine rings is 1. The second kappa shape index (κ2) is 9.24. The van der Waals surface area contributed by atoms with Crippen LogP contribution in [0.4, 0.5) is 4.79 Å². The molecular weight excluding hydrogens is 450 g/mol. The Morgan fingerprint density at radius 3 is 2.43 bits per heavy atom. The molecule has 0 saturated carbocycles. The SMILES string of the molecule is NCOC(=O)c1coc2c1c(C(c1ccncc1)N1CCN(C(N)=O)CC1)c(O)c1ccccc12. The van der Waals surface area contributed by atoms with Crippen LogP contribution < -0.4 is 11.5 Å².